The fraction of sp³-hybridized carbons (Fsp3) is 0.733. The normalized spacial score (nSPS) is 11.9. The van der Waals surface area contributed by atoms with Crippen molar-refractivity contribution < 1.29 is 14.3 Å². The number of carbonyl (C=O) groups is 2. The Bertz CT molecular complexity index is 334. The minimum atomic E-state index is -0.485. The maximum Gasteiger partial charge on any atom is 0.311 e. The molecule has 110 valence electrons. The lowest BCUT2D eigenvalue weighted by molar-refractivity contribution is -0.153. The maximum absolute atomic E-state index is 11.7. The Kier molecular flexibility index (Phi) is 6.27. The summed E-state index contributed by atoms with van der Waals surface area (Å²) < 4.78 is 5.18. The van der Waals surface area contributed by atoms with Crippen LogP contribution in [0.3, 0.4) is 0 Å². The highest BCUT2D eigenvalue weighted by Crippen LogP contribution is 2.16. The van der Waals surface area contributed by atoms with E-state index < -0.39 is 5.41 Å². The van der Waals surface area contributed by atoms with Gasteiger partial charge in [-0.1, -0.05) is 6.58 Å². The van der Waals surface area contributed by atoms with E-state index in [0.717, 1.165) is 0 Å². The molecule has 0 aromatic heterocycles. The van der Waals surface area contributed by atoms with Crippen LogP contribution < -0.4 is 0 Å². The van der Waals surface area contributed by atoms with E-state index in [1.54, 1.807) is 4.90 Å². The molecule has 0 aromatic carbocycles. The summed E-state index contributed by atoms with van der Waals surface area (Å²) in [7, 11) is 0. The first kappa shape index (κ1) is 17.7. The molecule has 4 nitrogen and oxygen atoms in total. The van der Waals surface area contributed by atoms with Crippen LogP contribution in [-0.2, 0) is 14.3 Å². The predicted octanol–water partition coefficient (Wildman–Crippen LogP) is 2.78. The van der Waals surface area contributed by atoms with Crippen molar-refractivity contribution in [3.05, 3.63) is 12.7 Å². The van der Waals surface area contributed by atoms with Gasteiger partial charge in [0.15, 0.2) is 0 Å². The first-order chi connectivity index (χ1) is 8.50. The van der Waals surface area contributed by atoms with Gasteiger partial charge < -0.3 is 9.64 Å². The molecule has 0 N–H and O–H groups in total. The summed E-state index contributed by atoms with van der Waals surface area (Å²) in [4.78, 5) is 25.1. The number of carbonyl (C=O) groups excluding carboxylic acids is 2. The molecular weight excluding hydrogens is 242 g/mol. The van der Waals surface area contributed by atoms with Gasteiger partial charge in [-0.25, -0.2) is 0 Å². The van der Waals surface area contributed by atoms with Gasteiger partial charge in [-0.15, -0.1) is 0 Å². The van der Waals surface area contributed by atoms with Gasteiger partial charge in [0.25, 0.3) is 0 Å². The van der Waals surface area contributed by atoms with Gasteiger partial charge in [-0.05, 0) is 54.0 Å². The average molecular weight is 269 g/mol. The highest BCUT2D eigenvalue weighted by molar-refractivity contribution is 5.87. The van der Waals surface area contributed by atoms with Crippen LogP contribution in [0.4, 0.5) is 0 Å². The third-order valence-electron chi connectivity index (χ3n) is 2.62. The first-order valence-electron chi connectivity index (χ1n) is 6.61. The summed E-state index contributed by atoms with van der Waals surface area (Å²) in [5.74, 6) is -0.320. The fourth-order valence-electron chi connectivity index (χ4n) is 1.49. The second-order valence-corrected chi connectivity index (χ2v) is 6.60. The second-order valence-electron chi connectivity index (χ2n) is 6.60. The molecule has 0 rings (SSSR count). The Balaban J connectivity index is 4.27. The van der Waals surface area contributed by atoms with Crippen LogP contribution in [0.5, 0.6) is 0 Å². The van der Waals surface area contributed by atoms with Gasteiger partial charge in [-0.3, -0.25) is 9.59 Å². The lowest BCUT2D eigenvalue weighted by atomic mass is 9.97. The summed E-state index contributed by atoms with van der Waals surface area (Å²) in [6.07, 6.45) is 1.94. The van der Waals surface area contributed by atoms with Crippen molar-refractivity contribution in [2.45, 2.75) is 53.5 Å². The van der Waals surface area contributed by atoms with E-state index in [4.69, 9.17) is 4.74 Å². The zero-order chi connectivity index (χ0) is 15.3. The number of esters is 1. The summed E-state index contributed by atoms with van der Waals surface area (Å²) >= 11 is 0. The van der Waals surface area contributed by atoms with Crippen LogP contribution in [0, 0.1) is 5.41 Å². The topological polar surface area (TPSA) is 46.6 Å². The molecule has 0 radical (unpaired) electrons. The van der Waals surface area contributed by atoms with Crippen molar-refractivity contribution in [1.29, 1.82) is 0 Å². The molecule has 0 spiro atoms. The largest absolute Gasteiger partial charge is 0.465 e. The zero-order valence-corrected chi connectivity index (χ0v) is 13.1. The Morgan fingerprint density at radius 2 is 1.68 bits per heavy atom. The maximum atomic E-state index is 11.7. The molecule has 0 fully saturated rings. The molecule has 0 aliphatic rings. The van der Waals surface area contributed by atoms with Crippen molar-refractivity contribution in [3.8, 4) is 0 Å². The fourth-order valence-corrected chi connectivity index (χ4v) is 1.49. The molecule has 19 heavy (non-hydrogen) atoms. The lowest BCUT2D eigenvalue weighted by Gasteiger charge is -2.35. The smallest absolute Gasteiger partial charge is 0.311 e. The van der Waals surface area contributed by atoms with Crippen molar-refractivity contribution in [2.24, 2.45) is 5.41 Å². The summed E-state index contributed by atoms with van der Waals surface area (Å²) in [6.45, 7) is 15.7. The van der Waals surface area contributed by atoms with Crippen LogP contribution in [0.25, 0.3) is 0 Å². The third-order valence-corrected chi connectivity index (χ3v) is 2.62. The first-order valence-corrected chi connectivity index (χ1v) is 6.61. The lowest BCUT2D eigenvalue weighted by Crippen LogP contribution is -2.45. The standard InChI is InChI=1S/C15H27NO3/c1-8-12(17)16(15(5,6)7)10-9-11-19-13(18)14(2,3)4/h8H,1,9-11H2,2-7H3. The SMILES string of the molecule is C=CC(=O)N(CCCOC(=O)C(C)(C)C)C(C)(C)C. The molecule has 4 heteroatoms. The molecule has 0 aliphatic carbocycles. The summed E-state index contributed by atoms with van der Waals surface area (Å²) in [5, 5.41) is 0. The minimum absolute atomic E-state index is 0.102. The molecule has 0 bridgehead atoms. The Labute approximate surface area is 116 Å². The van der Waals surface area contributed by atoms with Crippen LogP contribution in [0.15, 0.2) is 12.7 Å². The van der Waals surface area contributed by atoms with Crippen molar-refractivity contribution in [1.82, 2.24) is 4.90 Å². The van der Waals surface area contributed by atoms with Gasteiger partial charge in [0.05, 0.1) is 12.0 Å². The number of ether oxygens (including phenoxy) is 1. The highest BCUT2D eigenvalue weighted by Gasteiger charge is 2.25. The molecule has 0 saturated carbocycles. The van der Waals surface area contributed by atoms with E-state index >= 15 is 0 Å². The predicted molar refractivity (Wildman–Crippen MR) is 76.7 cm³/mol. The average Bonchev–Trinajstić information content (AvgIpc) is 2.24. The zero-order valence-electron chi connectivity index (χ0n) is 13.1. The number of amides is 1. The van der Waals surface area contributed by atoms with Gasteiger partial charge in [-0.2, -0.15) is 0 Å². The number of rotatable bonds is 5. The molecule has 0 aromatic rings. The summed E-state index contributed by atoms with van der Waals surface area (Å²) in [6, 6.07) is 0. The van der Waals surface area contributed by atoms with E-state index in [9.17, 15) is 9.59 Å². The molecular formula is C15H27NO3. The summed E-state index contributed by atoms with van der Waals surface area (Å²) in [5.41, 5.74) is -0.750. The number of hydrogen-bond acceptors (Lipinski definition) is 3. The van der Waals surface area contributed by atoms with Gasteiger partial charge in [0.1, 0.15) is 0 Å². The van der Waals surface area contributed by atoms with Gasteiger partial charge >= 0.3 is 5.97 Å². The van der Waals surface area contributed by atoms with Crippen LogP contribution in [-0.4, -0.2) is 35.5 Å². The number of hydrogen-bond donors (Lipinski definition) is 0. The Morgan fingerprint density at radius 3 is 2.05 bits per heavy atom. The molecule has 0 heterocycles. The van der Waals surface area contributed by atoms with E-state index in [1.807, 2.05) is 41.5 Å². The quantitative estimate of drug-likeness (QED) is 0.438. The van der Waals surface area contributed by atoms with Crippen molar-refractivity contribution in [3.63, 3.8) is 0 Å². The highest BCUT2D eigenvalue weighted by atomic mass is 16.5. The van der Waals surface area contributed by atoms with Gasteiger partial charge in [0, 0.05) is 12.1 Å². The van der Waals surface area contributed by atoms with E-state index in [-0.39, 0.29) is 17.4 Å². The molecule has 0 saturated heterocycles. The van der Waals surface area contributed by atoms with E-state index in [1.165, 1.54) is 6.08 Å². The molecule has 1 amide bonds. The van der Waals surface area contributed by atoms with Crippen LogP contribution in [0.1, 0.15) is 48.0 Å². The van der Waals surface area contributed by atoms with Crippen LogP contribution >= 0.6 is 0 Å². The van der Waals surface area contributed by atoms with E-state index in [0.29, 0.717) is 19.6 Å². The number of nitrogens with zero attached hydrogens (tertiary/aromatic N) is 1. The molecule has 0 atom stereocenters. The molecule has 0 unspecified atom stereocenters. The minimum Gasteiger partial charge on any atom is -0.465 e. The van der Waals surface area contributed by atoms with E-state index in [2.05, 4.69) is 6.58 Å². The van der Waals surface area contributed by atoms with Crippen molar-refractivity contribution >= 4 is 11.9 Å². The molecule has 0 aliphatic heterocycles. The monoisotopic (exact) mass is 269 g/mol. The van der Waals surface area contributed by atoms with Crippen LogP contribution in [0.2, 0.25) is 0 Å². The third kappa shape index (κ3) is 6.41. The Morgan fingerprint density at radius 1 is 1.16 bits per heavy atom. The van der Waals surface area contributed by atoms with Crippen molar-refractivity contribution in [2.75, 3.05) is 13.2 Å². The second kappa shape index (κ2) is 6.73. The Hall–Kier alpha value is -1.32. The van der Waals surface area contributed by atoms with Gasteiger partial charge in [0.2, 0.25) is 5.91 Å².